The smallest absolute Gasteiger partial charge is 0.268 e. The molecule has 0 unspecified atom stereocenters. The number of rotatable bonds is 14. The molecule has 2 atom stereocenters. The van der Waals surface area contributed by atoms with E-state index in [0.717, 1.165) is 16.9 Å². The molecule has 3 N–H and O–H groups in total. The number of aryl methyl sites for hydroxylation is 1. The molecular formula is C31H48N4O5S. The van der Waals surface area contributed by atoms with Crippen molar-refractivity contribution < 1.29 is 23.2 Å². The Bertz CT molecular complexity index is 1270. The number of ketones is 1. The summed E-state index contributed by atoms with van der Waals surface area (Å²) in [5.41, 5.74) is 7.09. The predicted octanol–water partition coefficient (Wildman–Crippen LogP) is 4.46. The van der Waals surface area contributed by atoms with Gasteiger partial charge in [0.15, 0.2) is 5.78 Å². The van der Waals surface area contributed by atoms with E-state index >= 15 is 0 Å². The number of hydrogen-bond acceptors (Lipinski definition) is 7. The van der Waals surface area contributed by atoms with Crippen molar-refractivity contribution in [3.63, 3.8) is 0 Å². The van der Waals surface area contributed by atoms with E-state index in [1.807, 2.05) is 13.0 Å². The highest BCUT2D eigenvalue weighted by atomic mass is 32.2. The van der Waals surface area contributed by atoms with E-state index in [2.05, 4.69) is 13.8 Å². The first-order chi connectivity index (χ1) is 19.0. The molecule has 0 saturated carbocycles. The molecule has 2 aromatic carbocycles. The number of nitrogens with two attached hydrogens (primary N) is 1. The van der Waals surface area contributed by atoms with Gasteiger partial charge >= 0.3 is 0 Å². The maximum Gasteiger partial charge on any atom is 0.268 e. The molecule has 41 heavy (non-hydrogen) atoms. The Kier molecular flexibility index (Phi) is 11.8. The highest BCUT2D eigenvalue weighted by Gasteiger charge is 2.52. The molecule has 0 aliphatic carbocycles. The number of amides is 1. The number of carbonyl (C=O) groups is 2. The Hall–Kier alpha value is -2.63. The largest absolute Gasteiger partial charge is 0.305 e. The van der Waals surface area contributed by atoms with Crippen molar-refractivity contribution in [2.75, 3.05) is 27.2 Å². The van der Waals surface area contributed by atoms with Gasteiger partial charge in [0.25, 0.3) is 10.0 Å². The van der Waals surface area contributed by atoms with Crippen LogP contribution in [0.4, 0.5) is 0 Å². The summed E-state index contributed by atoms with van der Waals surface area (Å²) in [6, 6.07) is 14.5. The van der Waals surface area contributed by atoms with Crippen molar-refractivity contribution >= 4 is 21.7 Å². The number of sulfonamides is 1. The molecule has 0 aliphatic rings. The van der Waals surface area contributed by atoms with E-state index in [1.165, 1.54) is 12.1 Å². The fourth-order valence-corrected chi connectivity index (χ4v) is 6.20. The van der Waals surface area contributed by atoms with E-state index in [1.54, 1.807) is 76.2 Å². The number of hydroxylamine groups is 1. The number of nitrogens with zero attached hydrogens (tertiary/aromatic N) is 3. The van der Waals surface area contributed by atoms with E-state index in [4.69, 9.17) is 5.73 Å². The summed E-state index contributed by atoms with van der Waals surface area (Å²) in [6.45, 7) is 11.3. The topological polar surface area (TPSA) is 124 Å². The van der Waals surface area contributed by atoms with Crippen molar-refractivity contribution in [1.82, 2.24) is 14.3 Å². The number of Topliss-reactive ketones (excluding diaryl/α,β-unsaturated/α-hetero) is 1. The molecule has 2 rings (SSSR count). The van der Waals surface area contributed by atoms with Crippen LogP contribution in [0.1, 0.15) is 65.5 Å². The highest BCUT2D eigenvalue weighted by molar-refractivity contribution is 7.89. The maximum absolute atomic E-state index is 14.4. The van der Waals surface area contributed by atoms with Crippen LogP contribution in [0.15, 0.2) is 59.5 Å². The average Bonchev–Trinajstić information content (AvgIpc) is 2.89. The zero-order valence-electron chi connectivity index (χ0n) is 25.8. The number of likely N-dealkylation sites (N-methyl/N-ethyl adjacent to an activating group) is 1. The molecule has 0 aliphatic heterocycles. The molecule has 0 aromatic heterocycles. The van der Waals surface area contributed by atoms with Gasteiger partial charge in [-0.25, -0.2) is 8.42 Å². The summed E-state index contributed by atoms with van der Waals surface area (Å²) in [6.07, 6.45) is 1.93. The normalized spacial score (nSPS) is 14.8. The Morgan fingerprint density at radius 3 is 2.12 bits per heavy atom. The highest BCUT2D eigenvalue weighted by Crippen LogP contribution is 2.36. The van der Waals surface area contributed by atoms with E-state index in [0.29, 0.717) is 18.8 Å². The summed E-state index contributed by atoms with van der Waals surface area (Å²) < 4.78 is 28.1. The molecular weight excluding hydrogens is 540 g/mol. The lowest BCUT2D eigenvalue weighted by atomic mass is 9.76. The van der Waals surface area contributed by atoms with E-state index in [9.17, 15) is 23.2 Å². The first-order valence-corrected chi connectivity index (χ1v) is 15.6. The maximum atomic E-state index is 14.4. The number of hydrogen-bond donors (Lipinski definition) is 2. The van der Waals surface area contributed by atoms with Crippen LogP contribution in [-0.2, 0) is 31.8 Å². The number of benzene rings is 2. The van der Waals surface area contributed by atoms with Gasteiger partial charge in [-0.1, -0.05) is 84.0 Å². The fraction of sp³-hybridized carbons (Fsp3) is 0.548. The van der Waals surface area contributed by atoms with Crippen LogP contribution in [0.2, 0.25) is 0 Å². The van der Waals surface area contributed by atoms with Gasteiger partial charge in [-0.2, -0.15) is 0 Å². The zero-order chi connectivity index (χ0) is 31.2. The second kappa shape index (κ2) is 14.0. The minimum atomic E-state index is -4.63. The number of carbonyl (C=O) groups excluding carboxylic acids is 2. The van der Waals surface area contributed by atoms with Crippen LogP contribution < -0.4 is 5.73 Å². The molecule has 0 radical (unpaired) electrons. The van der Waals surface area contributed by atoms with Gasteiger partial charge in [0, 0.05) is 12.1 Å². The molecule has 1 amide bonds. The van der Waals surface area contributed by atoms with Crippen LogP contribution in [0.25, 0.3) is 0 Å². The third kappa shape index (κ3) is 8.23. The Labute approximate surface area is 246 Å². The van der Waals surface area contributed by atoms with Gasteiger partial charge in [0.1, 0.15) is 5.92 Å². The van der Waals surface area contributed by atoms with Crippen molar-refractivity contribution in [2.24, 2.45) is 23.0 Å². The molecule has 228 valence electrons. The molecule has 0 heterocycles. The lowest BCUT2D eigenvalue weighted by Gasteiger charge is -2.46. The zero-order valence-corrected chi connectivity index (χ0v) is 26.6. The van der Waals surface area contributed by atoms with Gasteiger partial charge in [-0.05, 0) is 66.9 Å². The monoisotopic (exact) mass is 588 g/mol. The second-order valence-electron chi connectivity index (χ2n) is 12.4. The van der Waals surface area contributed by atoms with Crippen LogP contribution in [0.5, 0.6) is 0 Å². The summed E-state index contributed by atoms with van der Waals surface area (Å²) in [5.74, 6) is -4.03. The first-order valence-electron chi connectivity index (χ1n) is 14.1. The van der Waals surface area contributed by atoms with Gasteiger partial charge in [-0.15, -0.1) is 0 Å². The lowest BCUT2D eigenvalue weighted by Crippen LogP contribution is -2.68. The van der Waals surface area contributed by atoms with Crippen LogP contribution in [0, 0.1) is 17.3 Å². The van der Waals surface area contributed by atoms with Crippen LogP contribution in [-0.4, -0.2) is 66.8 Å². The SMILES string of the molecule is CCCN(C(=O)[C@@H](C(=O)CN(C)C)C(C)(C)C)[C@@](N)(c1ccccc1)N(O)S(=O)(=O)c1cccc(CCC(C)C)c1. The molecule has 0 saturated heterocycles. The summed E-state index contributed by atoms with van der Waals surface area (Å²) in [4.78, 5) is 30.5. The molecule has 9 nitrogen and oxygen atoms in total. The molecule has 0 spiro atoms. The standard InChI is InChI=1S/C31H48N4O5S/c1-9-20-34(29(37)28(30(4,5)6)27(36)22-33(7)8)31(32,25-15-11-10-12-16-25)35(38)41(39,40)26-17-13-14-24(21-26)19-18-23(2)3/h10-17,21,23,28,38H,9,18-20,22,32H2,1-8H3/t28-,31+/m1/s1. The molecule has 0 bridgehead atoms. The third-order valence-corrected chi connectivity index (χ3v) is 8.54. The minimum absolute atomic E-state index is 0.00688. The average molecular weight is 589 g/mol. The molecule has 10 heteroatoms. The van der Waals surface area contributed by atoms with E-state index in [-0.39, 0.29) is 33.8 Å². The van der Waals surface area contributed by atoms with Crippen LogP contribution >= 0.6 is 0 Å². The van der Waals surface area contributed by atoms with Crippen molar-refractivity contribution in [3.05, 3.63) is 65.7 Å². The molecule has 2 aromatic rings. The van der Waals surface area contributed by atoms with Crippen LogP contribution in [0.3, 0.4) is 0 Å². The Morgan fingerprint density at radius 2 is 1.61 bits per heavy atom. The van der Waals surface area contributed by atoms with Gasteiger partial charge in [0.05, 0.1) is 11.4 Å². The second-order valence-corrected chi connectivity index (χ2v) is 14.2. The first kappa shape index (κ1) is 34.6. The molecule has 0 fully saturated rings. The summed E-state index contributed by atoms with van der Waals surface area (Å²) in [7, 11) is -1.15. The Balaban J connectivity index is 2.74. The predicted molar refractivity (Wildman–Crippen MR) is 161 cm³/mol. The quantitative estimate of drug-likeness (QED) is 0.190. The van der Waals surface area contributed by atoms with Gasteiger partial charge in [0.2, 0.25) is 11.7 Å². The third-order valence-electron chi connectivity index (χ3n) is 6.96. The Morgan fingerprint density at radius 1 is 1.00 bits per heavy atom. The van der Waals surface area contributed by atoms with Crippen molar-refractivity contribution in [1.29, 1.82) is 0 Å². The lowest BCUT2D eigenvalue weighted by molar-refractivity contribution is -0.188. The minimum Gasteiger partial charge on any atom is -0.305 e. The van der Waals surface area contributed by atoms with Crippen molar-refractivity contribution in [3.8, 4) is 0 Å². The van der Waals surface area contributed by atoms with Crippen molar-refractivity contribution in [2.45, 2.75) is 71.5 Å². The fourth-order valence-electron chi connectivity index (χ4n) is 4.88. The summed E-state index contributed by atoms with van der Waals surface area (Å²) >= 11 is 0. The van der Waals surface area contributed by atoms with Gasteiger partial charge < -0.3 is 9.80 Å². The van der Waals surface area contributed by atoms with Gasteiger partial charge in [-0.3, -0.25) is 20.5 Å². The summed E-state index contributed by atoms with van der Waals surface area (Å²) in [5, 5.41) is 11.7. The van der Waals surface area contributed by atoms with E-state index < -0.39 is 33.1 Å².